The highest BCUT2D eigenvalue weighted by Crippen LogP contribution is 2.32. The topological polar surface area (TPSA) is 141 Å². The number of hydrogen-bond acceptors (Lipinski definition) is 7. The van der Waals surface area contributed by atoms with E-state index in [1.54, 1.807) is 6.07 Å². The molecule has 3 rings (SSSR count). The van der Waals surface area contributed by atoms with Crippen molar-refractivity contribution < 1.29 is 27.4 Å². The van der Waals surface area contributed by atoms with E-state index >= 15 is 0 Å². The van der Waals surface area contributed by atoms with Gasteiger partial charge >= 0.3 is 0 Å². The third kappa shape index (κ3) is 5.04. The lowest BCUT2D eigenvalue weighted by molar-refractivity contribution is 0.0940. The average Bonchev–Trinajstić information content (AvgIpc) is 3.17. The van der Waals surface area contributed by atoms with Crippen LogP contribution in [0.3, 0.4) is 0 Å². The van der Waals surface area contributed by atoms with Crippen LogP contribution in [0.1, 0.15) is 15.9 Å². The van der Waals surface area contributed by atoms with Gasteiger partial charge in [-0.2, -0.15) is 0 Å². The fourth-order valence-electron chi connectivity index (χ4n) is 2.50. The number of hydrazine groups is 1. The van der Waals surface area contributed by atoms with Crippen LogP contribution in [0, 0.1) is 0 Å². The summed E-state index contributed by atoms with van der Waals surface area (Å²) in [5.41, 5.74) is 5.79. The number of rotatable bonds is 5. The van der Waals surface area contributed by atoms with Crippen molar-refractivity contribution in [2.75, 3.05) is 13.9 Å². The van der Waals surface area contributed by atoms with E-state index in [-0.39, 0.29) is 28.1 Å². The number of amides is 1. The fraction of sp³-hybridized carbons (Fsp3) is 0.176. The molecule has 0 saturated heterocycles. The molecule has 1 amide bonds. The highest BCUT2D eigenvalue weighted by Gasteiger charge is 2.18. The molecule has 0 fully saturated rings. The zero-order valence-electron chi connectivity index (χ0n) is 15.2. The summed E-state index contributed by atoms with van der Waals surface area (Å²) in [6, 6.07) is 9.17. The minimum atomic E-state index is -3.97. The maximum Gasteiger partial charge on any atom is 0.273 e. The molecule has 2 aromatic carbocycles. The van der Waals surface area contributed by atoms with Crippen molar-refractivity contribution in [2.45, 2.75) is 11.4 Å². The molecule has 5 N–H and O–H groups in total. The van der Waals surface area contributed by atoms with Crippen molar-refractivity contribution >= 4 is 33.3 Å². The van der Waals surface area contributed by atoms with E-state index in [2.05, 4.69) is 16.2 Å². The molecule has 0 unspecified atom stereocenters. The number of primary sulfonamides is 1. The molecule has 154 valence electrons. The van der Waals surface area contributed by atoms with Crippen LogP contribution in [0.25, 0.3) is 0 Å². The minimum absolute atomic E-state index is 0.0231. The Labute approximate surface area is 172 Å². The van der Waals surface area contributed by atoms with Crippen LogP contribution < -0.4 is 35.5 Å². The molecule has 0 aliphatic carbocycles. The van der Waals surface area contributed by atoms with Crippen LogP contribution in [0.4, 0.5) is 0 Å². The van der Waals surface area contributed by atoms with Crippen LogP contribution in [0.2, 0.25) is 0 Å². The fourth-order valence-corrected chi connectivity index (χ4v) is 3.16. The van der Waals surface area contributed by atoms with Crippen LogP contribution in [-0.4, -0.2) is 33.3 Å². The third-order valence-corrected chi connectivity index (χ3v) is 5.08. The summed E-state index contributed by atoms with van der Waals surface area (Å²) >= 11 is 5.13. The summed E-state index contributed by atoms with van der Waals surface area (Å²) in [5, 5.41) is 8.18. The molecule has 0 radical (unpaired) electrons. The predicted molar refractivity (Wildman–Crippen MR) is 107 cm³/mol. The highest BCUT2D eigenvalue weighted by atomic mass is 32.2. The zero-order chi connectivity index (χ0) is 21.0. The van der Waals surface area contributed by atoms with Crippen molar-refractivity contribution in [1.82, 2.24) is 16.2 Å². The minimum Gasteiger partial charge on any atom is -0.496 e. The number of nitrogens with two attached hydrogens (primary N) is 1. The molecule has 10 nitrogen and oxygen atoms in total. The van der Waals surface area contributed by atoms with Gasteiger partial charge in [0.05, 0.1) is 17.6 Å². The second kappa shape index (κ2) is 8.51. The SMILES string of the molecule is COc1ccc(S(N)(=O)=O)cc1C(=O)NNC(=S)NCc1ccc2c(c1)OCO2. The maximum atomic E-state index is 12.4. The summed E-state index contributed by atoms with van der Waals surface area (Å²) in [6.07, 6.45) is 0. The van der Waals surface area contributed by atoms with Crippen molar-refractivity contribution in [2.24, 2.45) is 5.14 Å². The van der Waals surface area contributed by atoms with Gasteiger partial charge < -0.3 is 19.5 Å². The number of fused-ring (bicyclic) bond motifs is 1. The molecule has 1 aliphatic rings. The van der Waals surface area contributed by atoms with Gasteiger partial charge in [-0.15, -0.1) is 0 Å². The third-order valence-electron chi connectivity index (χ3n) is 3.92. The van der Waals surface area contributed by atoms with Gasteiger partial charge in [0.2, 0.25) is 16.8 Å². The van der Waals surface area contributed by atoms with Crippen molar-refractivity contribution in [3.63, 3.8) is 0 Å². The van der Waals surface area contributed by atoms with E-state index in [1.165, 1.54) is 19.2 Å². The molecule has 2 aromatic rings. The Morgan fingerprint density at radius 2 is 1.93 bits per heavy atom. The Morgan fingerprint density at radius 3 is 2.66 bits per heavy atom. The molecule has 0 spiro atoms. The molecule has 0 saturated carbocycles. The predicted octanol–water partition coefficient (Wildman–Crippen LogP) is 0.380. The van der Waals surface area contributed by atoms with Crippen LogP contribution in [0.5, 0.6) is 17.2 Å². The van der Waals surface area contributed by atoms with Crippen LogP contribution in [-0.2, 0) is 16.6 Å². The number of ether oxygens (including phenoxy) is 3. The van der Waals surface area contributed by atoms with Crippen molar-refractivity contribution in [3.05, 3.63) is 47.5 Å². The number of benzene rings is 2. The number of sulfonamides is 1. The number of methoxy groups -OCH3 is 1. The van der Waals surface area contributed by atoms with Crippen LogP contribution in [0.15, 0.2) is 41.3 Å². The average molecular weight is 438 g/mol. The summed E-state index contributed by atoms with van der Waals surface area (Å²) < 4.78 is 38.7. The lowest BCUT2D eigenvalue weighted by Gasteiger charge is -2.14. The molecular formula is C17H18N4O6S2. The van der Waals surface area contributed by atoms with E-state index < -0.39 is 15.9 Å². The number of carbonyl (C=O) groups excluding carboxylic acids is 1. The molecule has 0 aromatic heterocycles. The van der Waals surface area contributed by atoms with E-state index in [4.69, 9.17) is 31.6 Å². The maximum absolute atomic E-state index is 12.4. The first-order chi connectivity index (χ1) is 13.8. The quantitative estimate of drug-likeness (QED) is 0.385. The monoisotopic (exact) mass is 438 g/mol. The van der Waals surface area contributed by atoms with E-state index in [9.17, 15) is 13.2 Å². The lowest BCUT2D eigenvalue weighted by atomic mass is 10.2. The lowest BCUT2D eigenvalue weighted by Crippen LogP contribution is -2.46. The highest BCUT2D eigenvalue weighted by molar-refractivity contribution is 7.89. The molecule has 29 heavy (non-hydrogen) atoms. The smallest absolute Gasteiger partial charge is 0.273 e. The number of nitrogens with one attached hydrogen (secondary N) is 3. The zero-order valence-corrected chi connectivity index (χ0v) is 16.9. The van der Waals surface area contributed by atoms with Crippen molar-refractivity contribution in [1.29, 1.82) is 0 Å². The summed E-state index contributed by atoms with van der Waals surface area (Å²) in [4.78, 5) is 12.2. The van der Waals surface area contributed by atoms with Crippen molar-refractivity contribution in [3.8, 4) is 17.2 Å². The Bertz CT molecular complexity index is 1060. The Morgan fingerprint density at radius 1 is 1.17 bits per heavy atom. The molecule has 1 aliphatic heterocycles. The van der Waals surface area contributed by atoms with Gasteiger partial charge in [0.25, 0.3) is 5.91 Å². The number of carbonyl (C=O) groups is 1. The molecule has 0 bridgehead atoms. The Balaban J connectivity index is 1.58. The molecular weight excluding hydrogens is 420 g/mol. The Kier molecular flexibility index (Phi) is 6.06. The molecule has 0 atom stereocenters. The standard InChI is InChI=1S/C17H18N4O6S2/c1-25-13-5-3-11(29(18,23)24)7-12(13)16(22)20-21-17(28)19-8-10-2-4-14-15(6-10)27-9-26-14/h2-7H,8-9H2,1H3,(H,20,22)(H2,18,23,24)(H2,19,21,28). The van der Waals surface area contributed by atoms with Gasteiger partial charge in [0, 0.05) is 6.54 Å². The largest absolute Gasteiger partial charge is 0.496 e. The van der Waals surface area contributed by atoms with Gasteiger partial charge in [0.15, 0.2) is 16.6 Å². The van der Waals surface area contributed by atoms with E-state index in [0.717, 1.165) is 11.6 Å². The summed E-state index contributed by atoms with van der Waals surface area (Å²) in [6.45, 7) is 0.566. The summed E-state index contributed by atoms with van der Waals surface area (Å²) in [7, 11) is -2.62. The molecule has 1 heterocycles. The first-order valence-corrected chi connectivity index (χ1v) is 10.2. The van der Waals surface area contributed by atoms with E-state index in [0.29, 0.717) is 18.0 Å². The van der Waals surface area contributed by atoms with Crippen LogP contribution >= 0.6 is 12.2 Å². The normalized spacial score (nSPS) is 12.2. The first-order valence-electron chi connectivity index (χ1n) is 8.21. The van der Waals surface area contributed by atoms with Gasteiger partial charge in [0.1, 0.15) is 5.75 Å². The van der Waals surface area contributed by atoms with Gasteiger partial charge in [-0.05, 0) is 48.1 Å². The molecule has 12 heteroatoms. The van der Waals surface area contributed by atoms with Gasteiger partial charge in [-0.1, -0.05) is 6.07 Å². The second-order valence-electron chi connectivity index (χ2n) is 5.86. The second-order valence-corrected chi connectivity index (χ2v) is 7.83. The first kappa shape index (κ1) is 20.6. The Hall–Kier alpha value is -3.09. The number of hydrogen-bond donors (Lipinski definition) is 4. The van der Waals surface area contributed by atoms with Gasteiger partial charge in [-0.25, -0.2) is 13.6 Å². The van der Waals surface area contributed by atoms with Gasteiger partial charge in [-0.3, -0.25) is 15.6 Å². The number of thiocarbonyl (C=S) groups is 1. The van der Waals surface area contributed by atoms with E-state index in [1.807, 2.05) is 12.1 Å². The summed E-state index contributed by atoms with van der Waals surface area (Å²) in [5.74, 6) is 0.853.